The predicted molar refractivity (Wildman–Crippen MR) is 110 cm³/mol. The Morgan fingerprint density at radius 3 is 2.63 bits per heavy atom. The molecule has 2 aromatic carbocycles. The maximum Gasteiger partial charge on any atom is 0.323 e. The van der Waals surface area contributed by atoms with Crippen LogP contribution in [-0.2, 0) is 7.05 Å². The number of terminal acetylenes is 1. The van der Waals surface area contributed by atoms with E-state index < -0.39 is 0 Å². The molecule has 5 heteroatoms. The van der Waals surface area contributed by atoms with E-state index >= 15 is 0 Å². The number of rotatable bonds is 4. The molecule has 0 saturated carbocycles. The summed E-state index contributed by atoms with van der Waals surface area (Å²) in [5, 5.41) is 9.98. The summed E-state index contributed by atoms with van der Waals surface area (Å²) in [6.45, 7) is 2.00. The van der Waals surface area contributed by atoms with Crippen LogP contribution in [-0.4, -0.2) is 15.8 Å². The van der Waals surface area contributed by atoms with Gasteiger partial charge in [0.05, 0.1) is 11.9 Å². The number of nitrogens with one attached hydrogen (secondary N) is 2. The lowest BCUT2D eigenvalue weighted by Gasteiger charge is -2.10. The first-order chi connectivity index (χ1) is 13.1. The van der Waals surface area contributed by atoms with Gasteiger partial charge in [-0.15, -0.1) is 6.42 Å². The highest BCUT2D eigenvalue weighted by Crippen LogP contribution is 2.26. The molecular formula is C22H20N4O. The van der Waals surface area contributed by atoms with E-state index in [1.807, 2.05) is 68.6 Å². The van der Waals surface area contributed by atoms with Crippen LogP contribution in [0.1, 0.15) is 11.1 Å². The van der Waals surface area contributed by atoms with E-state index in [-0.39, 0.29) is 6.03 Å². The van der Waals surface area contributed by atoms with E-state index in [4.69, 9.17) is 6.42 Å². The zero-order valence-corrected chi connectivity index (χ0v) is 15.2. The van der Waals surface area contributed by atoms with Crippen LogP contribution in [0, 0.1) is 19.3 Å². The van der Waals surface area contributed by atoms with Crippen molar-refractivity contribution < 1.29 is 4.79 Å². The number of anilines is 2. The maximum atomic E-state index is 12.3. The Labute approximate surface area is 158 Å². The van der Waals surface area contributed by atoms with Crippen LogP contribution in [0.4, 0.5) is 16.2 Å². The van der Waals surface area contributed by atoms with Gasteiger partial charge in [0, 0.05) is 29.5 Å². The number of hydrogen-bond donors (Lipinski definition) is 2. The van der Waals surface area contributed by atoms with Crippen LogP contribution in [0.5, 0.6) is 0 Å². The van der Waals surface area contributed by atoms with Crippen molar-refractivity contribution >= 4 is 23.5 Å². The van der Waals surface area contributed by atoms with Crippen LogP contribution < -0.4 is 10.6 Å². The van der Waals surface area contributed by atoms with Crippen molar-refractivity contribution in [1.82, 2.24) is 9.78 Å². The van der Waals surface area contributed by atoms with Gasteiger partial charge in [0.2, 0.25) is 0 Å². The monoisotopic (exact) mass is 356 g/mol. The van der Waals surface area contributed by atoms with Gasteiger partial charge in [-0.05, 0) is 43.3 Å². The molecule has 0 saturated heterocycles. The predicted octanol–water partition coefficient (Wildman–Crippen LogP) is 4.69. The molecule has 2 N–H and O–H groups in total. The normalized spacial score (nSPS) is 10.6. The van der Waals surface area contributed by atoms with Gasteiger partial charge in [-0.2, -0.15) is 5.10 Å². The van der Waals surface area contributed by atoms with Gasteiger partial charge in [-0.1, -0.05) is 35.7 Å². The number of benzene rings is 2. The summed E-state index contributed by atoms with van der Waals surface area (Å²) in [5.41, 5.74) is 5.33. The Hall–Kier alpha value is -3.78. The molecule has 0 spiro atoms. The third kappa shape index (κ3) is 4.44. The van der Waals surface area contributed by atoms with Gasteiger partial charge in [0.15, 0.2) is 0 Å². The molecule has 2 amide bonds. The first-order valence-electron chi connectivity index (χ1n) is 8.46. The minimum Gasteiger partial charge on any atom is -0.308 e. The fourth-order valence-corrected chi connectivity index (χ4v) is 2.74. The number of nitrogens with zero attached hydrogens (tertiary/aromatic N) is 2. The largest absolute Gasteiger partial charge is 0.323 e. The van der Waals surface area contributed by atoms with Crippen molar-refractivity contribution in [2.24, 2.45) is 7.05 Å². The molecule has 1 heterocycles. The molecule has 0 aliphatic carbocycles. The molecule has 134 valence electrons. The first-order valence-corrected chi connectivity index (χ1v) is 8.46. The summed E-state index contributed by atoms with van der Waals surface area (Å²) < 4.78 is 1.78. The van der Waals surface area contributed by atoms with Crippen LogP contribution in [0.25, 0.3) is 17.3 Å². The van der Waals surface area contributed by atoms with Gasteiger partial charge in [-0.25, -0.2) is 4.79 Å². The molecule has 0 fully saturated rings. The fourth-order valence-electron chi connectivity index (χ4n) is 2.74. The van der Waals surface area contributed by atoms with Crippen molar-refractivity contribution in [2.75, 3.05) is 10.6 Å². The molecule has 0 radical (unpaired) electrons. The highest BCUT2D eigenvalue weighted by atomic mass is 16.2. The molecule has 27 heavy (non-hydrogen) atoms. The van der Waals surface area contributed by atoms with E-state index in [9.17, 15) is 4.79 Å². The molecule has 0 aliphatic heterocycles. The van der Waals surface area contributed by atoms with Gasteiger partial charge in [0.1, 0.15) is 0 Å². The van der Waals surface area contributed by atoms with Crippen molar-refractivity contribution in [1.29, 1.82) is 0 Å². The first kappa shape index (κ1) is 18.0. The summed E-state index contributed by atoms with van der Waals surface area (Å²) in [7, 11) is 1.87. The summed E-state index contributed by atoms with van der Waals surface area (Å²) in [6, 6.07) is 14.9. The number of carbonyl (C=O) groups excluding carboxylic acids is 1. The van der Waals surface area contributed by atoms with Crippen molar-refractivity contribution in [3.05, 3.63) is 71.9 Å². The number of amides is 2. The highest BCUT2D eigenvalue weighted by molar-refractivity contribution is 6.00. The molecule has 0 bridgehead atoms. The smallest absolute Gasteiger partial charge is 0.308 e. The Morgan fingerprint density at radius 2 is 1.89 bits per heavy atom. The molecule has 3 rings (SSSR count). The number of aryl methyl sites for hydroxylation is 2. The molecule has 1 aromatic heterocycles. The Bertz CT molecular complexity index is 1020. The number of aromatic nitrogens is 2. The second-order valence-electron chi connectivity index (χ2n) is 6.10. The van der Waals surface area contributed by atoms with Crippen molar-refractivity contribution in [3.63, 3.8) is 0 Å². The molecule has 3 aromatic rings. The van der Waals surface area contributed by atoms with Gasteiger partial charge in [0.25, 0.3) is 0 Å². The van der Waals surface area contributed by atoms with Crippen LogP contribution >= 0.6 is 0 Å². The Balaban J connectivity index is 1.79. The number of allylic oxidation sites excluding steroid dienone is 1. The molecular weight excluding hydrogens is 336 g/mol. The molecule has 0 unspecified atom stereocenters. The number of carbonyl (C=O) groups is 1. The topological polar surface area (TPSA) is 59.0 Å². The third-order valence-electron chi connectivity index (χ3n) is 4.03. The molecule has 0 aliphatic rings. The van der Waals surface area contributed by atoms with E-state index in [0.717, 1.165) is 28.1 Å². The van der Waals surface area contributed by atoms with E-state index in [1.165, 1.54) is 0 Å². The van der Waals surface area contributed by atoms with Crippen molar-refractivity contribution in [2.45, 2.75) is 6.92 Å². The number of urea groups is 1. The van der Waals surface area contributed by atoms with Gasteiger partial charge < -0.3 is 10.6 Å². The fraction of sp³-hybridized carbons (Fsp3) is 0.0909. The lowest BCUT2D eigenvalue weighted by atomic mass is 10.1. The third-order valence-corrected chi connectivity index (χ3v) is 4.03. The average Bonchev–Trinajstić information content (AvgIpc) is 3.02. The molecule has 5 nitrogen and oxygen atoms in total. The van der Waals surface area contributed by atoms with Gasteiger partial charge >= 0.3 is 6.03 Å². The summed E-state index contributed by atoms with van der Waals surface area (Å²) >= 11 is 0. The molecule has 0 atom stereocenters. The van der Waals surface area contributed by atoms with E-state index in [0.29, 0.717) is 5.69 Å². The van der Waals surface area contributed by atoms with Crippen molar-refractivity contribution in [3.8, 4) is 23.6 Å². The average molecular weight is 356 g/mol. The Kier molecular flexibility index (Phi) is 5.38. The SMILES string of the molecule is C#C/C=C/c1cnn(C)c1-c1cccc(NC(=O)Nc2ccc(C)cc2)c1. The standard InChI is InChI=1S/C22H20N4O/c1-4-5-7-18-15-23-26(3)21(18)17-8-6-9-20(14-17)25-22(27)24-19-12-10-16(2)11-13-19/h1,5-15H,2-3H3,(H2,24,25,27)/b7-5+. The second-order valence-corrected chi connectivity index (χ2v) is 6.10. The van der Waals surface area contributed by atoms with Crippen LogP contribution in [0.15, 0.2) is 60.8 Å². The van der Waals surface area contributed by atoms with E-state index in [2.05, 4.69) is 21.7 Å². The quantitative estimate of drug-likeness (QED) is 0.667. The zero-order chi connectivity index (χ0) is 19.2. The summed E-state index contributed by atoms with van der Waals surface area (Å²) in [4.78, 5) is 12.3. The summed E-state index contributed by atoms with van der Waals surface area (Å²) in [5.74, 6) is 2.49. The van der Waals surface area contributed by atoms with Crippen LogP contribution in [0.3, 0.4) is 0 Å². The maximum absolute atomic E-state index is 12.3. The minimum absolute atomic E-state index is 0.298. The lowest BCUT2D eigenvalue weighted by Crippen LogP contribution is -2.19. The highest BCUT2D eigenvalue weighted by Gasteiger charge is 2.10. The number of hydrogen-bond acceptors (Lipinski definition) is 2. The van der Waals surface area contributed by atoms with Crippen LogP contribution in [0.2, 0.25) is 0 Å². The minimum atomic E-state index is -0.298. The second kappa shape index (κ2) is 8.07. The van der Waals surface area contributed by atoms with Gasteiger partial charge in [-0.3, -0.25) is 4.68 Å². The lowest BCUT2D eigenvalue weighted by molar-refractivity contribution is 0.262. The zero-order valence-electron chi connectivity index (χ0n) is 15.2. The summed E-state index contributed by atoms with van der Waals surface area (Å²) in [6.07, 6.45) is 10.5. The van der Waals surface area contributed by atoms with E-state index in [1.54, 1.807) is 17.0 Å². The Morgan fingerprint density at radius 1 is 1.15 bits per heavy atom.